The topological polar surface area (TPSA) is 117 Å². The van der Waals surface area contributed by atoms with Gasteiger partial charge in [0.15, 0.2) is 0 Å². The summed E-state index contributed by atoms with van der Waals surface area (Å²) in [4.78, 5) is 35.7. The number of nitrogens with one attached hydrogen (secondary N) is 1. The Hall–Kier alpha value is -3.26. The van der Waals surface area contributed by atoms with Crippen molar-refractivity contribution in [3.8, 4) is 5.75 Å². The van der Waals surface area contributed by atoms with E-state index in [-0.39, 0.29) is 23.5 Å². The van der Waals surface area contributed by atoms with Crippen molar-refractivity contribution >= 4 is 34.6 Å². The van der Waals surface area contributed by atoms with Crippen LogP contribution < -0.4 is 10.9 Å². The fourth-order valence-electron chi connectivity index (χ4n) is 2.83. The molecule has 0 unspecified atom stereocenters. The quantitative estimate of drug-likeness (QED) is 0.486. The SMILES string of the molecule is O=C(Cc1cc(=O)oc2cc(O)ccc12)N[C@@H](CSCc1ccccc1)C(=O)O. The molecule has 3 N–H and O–H groups in total. The minimum atomic E-state index is -1.12. The lowest BCUT2D eigenvalue weighted by Crippen LogP contribution is -2.43. The van der Waals surface area contributed by atoms with Gasteiger partial charge in [-0.2, -0.15) is 11.8 Å². The standard InChI is InChI=1S/C21H19NO6S/c23-15-6-7-16-14(9-20(25)28-18(16)10-15)8-19(24)22-17(21(26)27)12-29-11-13-4-2-1-3-5-13/h1-7,9-10,17,23H,8,11-12H2,(H,22,24)(H,26,27)/t17-/m0/s1. The zero-order valence-corrected chi connectivity index (χ0v) is 16.1. The van der Waals surface area contributed by atoms with E-state index in [2.05, 4.69) is 5.32 Å². The van der Waals surface area contributed by atoms with Gasteiger partial charge in [-0.3, -0.25) is 4.79 Å². The number of carboxylic acids is 1. The van der Waals surface area contributed by atoms with Gasteiger partial charge in [-0.15, -0.1) is 0 Å². The highest BCUT2D eigenvalue weighted by Gasteiger charge is 2.21. The molecule has 0 saturated carbocycles. The third-order valence-corrected chi connectivity index (χ3v) is 5.30. The number of phenols is 1. The van der Waals surface area contributed by atoms with Crippen molar-refractivity contribution in [2.75, 3.05) is 5.75 Å². The Labute approximate surface area is 170 Å². The van der Waals surface area contributed by atoms with Gasteiger partial charge in [0, 0.05) is 29.0 Å². The van der Waals surface area contributed by atoms with E-state index in [4.69, 9.17) is 4.42 Å². The van der Waals surface area contributed by atoms with Gasteiger partial charge in [-0.25, -0.2) is 9.59 Å². The molecule has 29 heavy (non-hydrogen) atoms. The van der Waals surface area contributed by atoms with E-state index in [9.17, 15) is 24.6 Å². The number of hydrogen-bond acceptors (Lipinski definition) is 6. The Morgan fingerprint density at radius 2 is 1.86 bits per heavy atom. The smallest absolute Gasteiger partial charge is 0.336 e. The molecule has 150 valence electrons. The minimum Gasteiger partial charge on any atom is -0.508 e. The van der Waals surface area contributed by atoms with Crippen molar-refractivity contribution in [2.24, 2.45) is 0 Å². The van der Waals surface area contributed by atoms with Crippen LogP contribution in [0.5, 0.6) is 5.75 Å². The molecule has 7 nitrogen and oxygen atoms in total. The van der Waals surface area contributed by atoms with Crippen molar-refractivity contribution in [3.05, 3.63) is 76.1 Å². The molecule has 0 bridgehead atoms. The first kappa shape index (κ1) is 20.5. The van der Waals surface area contributed by atoms with E-state index in [0.717, 1.165) is 5.56 Å². The Morgan fingerprint density at radius 1 is 1.10 bits per heavy atom. The molecule has 3 aromatic rings. The van der Waals surface area contributed by atoms with E-state index in [1.54, 1.807) is 6.07 Å². The van der Waals surface area contributed by atoms with Gasteiger partial charge >= 0.3 is 11.6 Å². The van der Waals surface area contributed by atoms with Gasteiger partial charge in [-0.05, 0) is 23.3 Å². The van der Waals surface area contributed by atoms with E-state index in [1.165, 1.54) is 30.0 Å². The monoisotopic (exact) mass is 413 g/mol. The van der Waals surface area contributed by atoms with Crippen molar-refractivity contribution in [2.45, 2.75) is 18.2 Å². The lowest BCUT2D eigenvalue weighted by atomic mass is 10.1. The molecule has 0 aliphatic heterocycles. The van der Waals surface area contributed by atoms with Crippen LogP contribution in [0, 0.1) is 0 Å². The fraction of sp³-hybridized carbons (Fsp3) is 0.190. The summed E-state index contributed by atoms with van der Waals surface area (Å²) in [7, 11) is 0. The first-order valence-corrected chi connectivity index (χ1v) is 9.97. The number of phenolic OH excluding ortho intramolecular Hbond substituents is 1. The zero-order chi connectivity index (χ0) is 20.8. The molecule has 0 spiro atoms. The minimum absolute atomic E-state index is 0.0661. The summed E-state index contributed by atoms with van der Waals surface area (Å²) in [6.45, 7) is 0. The molecule has 0 fully saturated rings. The Kier molecular flexibility index (Phi) is 6.56. The van der Waals surface area contributed by atoms with Gasteiger partial charge < -0.3 is 19.9 Å². The second-order valence-electron chi connectivity index (χ2n) is 6.41. The highest BCUT2D eigenvalue weighted by Crippen LogP contribution is 2.22. The van der Waals surface area contributed by atoms with Crippen molar-refractivity contribution in [1.29, 1.82) is 0 Å². The predicted octanol–water partition coefficient (Wildman–Crippen LogP) is 2.54. The number of fused-ring (bicyclic) bond motifs is 1. The summed E-state index contributed by atoms with van der Waals surface area (Å²) in [5.41, 5.74) is 0.973. The molecule has 1 amide bonds. The predicted molar refractivity (Wildman–Crippen MR) is 110 cm³/mol. The second kappa shape index (κ2) is 9.29. The van der Waals surface area contributed by atoms with Crippen molar-refractivity contribution < 1.29 is 24.2 Å². The first-order chi connectivity index (χ1) is 13.9. The lowest BCUT2D eigenvalue weighted by Gasteiger charge is -2.15. The Bertz CT molecular complexity index is 1080. The number of hydrogen-bond donors (Lipinski definition) is 3. The summed E-state index contributed by atoms with van der Waals surface area (Å²) < 4.78 is 5.03. The molecule has 0 saturated heterocycles. The van der Waals surface area contributed by atoms with Gasteiger partial charge in [-0.1, -0.05) is 30.3 Å². The van der Waals surface area contributed by atoms with Crippen LogP contribution in [-0.4, -0.2) is 33.9 Å². The van der Waals surface area contributed by atoms with E-state index in [0.29, 0.717) is 16.7 Å². The third kappa shape index (κ3) is 5.61. The first-order valence-electron chi connectivity index (χ1n) is 8.82. The molecule has 8 heteroatoms. The largest absolute Gasteiger partial charge is 0.508 e. The third-order valence-electron chi connectivity index (χ3n) is 4.19. The van der Waals surface area contributed by atoms with Crippen molar-refractivity contribution in [3.63, 3.8) is 0 Å². The maximum Gasteiger partial charge on any atom is 0.336 e. The number of carbonyl (C=O) groups is 2. The molecule has 0 radical (unpaired) electrons. The lowest BCUT2D eigenvalue weighted by molar-refractivity contribution is -0.141. The normalized spacial score (nSPS) is 11.9. The maximum atomic E-state index is 12.4. The summed E-state index contributed by atoms with van der Waals surface area (Å²) in [6, 6.07) is 14.0. The average molecular weight is 413 g/mol. The summed E-state index contributed by atoms with van der Waals surface area (Å²) >= 11 is 1.41. The molecule has 3 rings (SSSR count). The van der Waals surface area contributed by atoms with Crippen molar-refractivity contribution in [1.82, 2.24) is 5.32 Å². The summed E-state index contributed by atoms with van der Waals surface area (Å²) in [5, 5.41) is 21.9. The zero-order valence-electron chi connectivity index (χ0n) is 15.3. The number of amides is 1. The molecular formula is C21H19NO6S. The van der Waals surface area contributed by atoms with Crippen LogP contribution >= 0.6 is 11.8 Å². The van der Waals surface area contributed by atoms with Crippen LogP contribution in [0.4, 0.5) is 0 Å². The average Bonchev–Trinajstić information content (AvgIpc) is 2.67. The summed E-state index contributed by atoms with van der Waals surface area (Å²) in [5.74, 6) is -0.863. The van der Waals surface area contributed by atoms with E-state index >= 15 is 0 Å². The number of aromatic hydroxyl groups is 1. The number of aliphatic carboxylic acids is 1. The second-order valence-corrected chi connectivity index (χ2v) is 7.44. The molecule has 1 atom stereocenters. The van der Waals surface area contributed by atoms with Crippen LogP contribution in [0.15, 0.2) is 63.8 Å². The van der Waals surface area contributed by atoms with E-state index < -0.39 is 23.5 Å². The molecule has 1 aromatic heterocycles. The van der Waals surface area contributed by atoms with Crippen LogP contribution in [0.3, 0.4) is 0 Å². The highest BCUT2D eigenvalue weighted by molar-refractivity contribution is 7.98. The number of thioether (sulfide) groups is 1. The van der Waals surface area contributed by atoms with E-state index in [1.807, 2.05) is 30.3 Å². The van der Waals surface area contributed by atoms with Crippen LogP contribution in [0.25, 0.3) is 11.0 Å². The fourth-order valence-corrected chi connectivity index (χ4v) is 3.83. The molecular weight excluding hydrogens is 394 g/mol. The summed E-state index contributed by atoms with van der Waals surface area (Å²) in [6.07, 6.45) is -0.181. The number of rotatable bonds is 8. The number of carboxylic acid groups (broad SMARTS) is 1. The molecule has 2 aromatic carbocycles. The molecule has 0 aliphatic rings. The van der Waals surface area contributed by atoms with Crippen LogP contribution in [0.2, 0.25) is 0 Å². The van der Waals surface area contributed by atoms with Crippen LogP contribution in [0.1, 0.15) is 11.1 Å². The maximum absolute atomic E-state index is 12.4. The number of benzene rings is 2. The number of carbonyl (C=O) groups excluding carboxylic acids is 1. The van der Waals surface area contributed by atoms with Gasteiger partial charge in [0.25, 0.3) is 0 Å². The van der Waals surface area contributed by atoms with Crippen LogP contribution in [-0.2, 0) is 21.8 Å². The van der Waals surface area contributed by atoms with Gasteiger partial charge in [0.05, 0.1) is 6.42 Å². The Balaban J connectivity index is 1.65. The molecule has 0 aliphatic carbocycles. The highest BCUT2D eigenvalue weighted by atomic mass is 32.2. The molecule has 1 heterocycles. The van der Waals surface area contributed by atoms with Gasteiger partial charge in [0.1, 0.15) is 17.4 Å². The van der Waals surface area contributed by atoms with Gasteiger partial charge in [0.2, 0.25) is 5.91 Å². The Morgan fingerprint density at radius 3 is 2.59 bits per heavy atom.